The Balaban J connectivity index is 1.35. The highest BCUT2D eigenvalue weighted by atomic mass is 32.1. The fourth-order valence-corrected chi connectivity index (χ4v) is 4.65. The number of nitrogens with zero attached hydrogens (tertiary/aromatic N) is 2. The second-order valence-electron chi connectivity index (χ2n) is 7.43. The van der Waals surface area contributed by atoms with Crippen molar-refractivity contribution in [1.82, 2.24) is 4.98 Å². The molecule has 7 heteroatoms. The summed E-state index contributed by atoms with van der Waals surface area (Å²) in [5.41, 5.74) is 2.77. The minimum absolute atomic E-state index is 0.115. The number of nitrogens with one attached hydrogen (secondary N) is 1. The van der Waals surface area contributed by atoms with Crippen LogP contribution in [0.25, 0.3) is 10.2 Å². The Morgan fingerprint density at radius 2 is 1.87 bits per heavy atom. The van der Waals surface area contributed by atoms with Crippen LogP contribution >= 0.6 is 11.3 Å². The van der Waals surface area contributed by atoms with E-state index in [1.807, 2.05) is 48.5 Å². The van der Waals surface area contributed by atoms with Crippen LogP contribution in [-0.2, 0) is 11.3 Å². The van der Waals surface area contributed by atoms with Gasteiger partial charge in [-0.05, 0) is 42.0 Å². The second kappa shape index (κ2) is 8.35. The molecule has 1 aromatic heterocycles. The van der Waals surface area contributed by atoms with Gasteiger partial charge in [0.15, 0.2) is 5.13 Å². The average molecular weight is 434 g/mol. The van der Waals surface area contributed by atoms with E-state index in [0.29, 0.717) is 18.3 Å². The topological polar surface area (TPSA) is 54.5 Å². The van der Waals surface area contributed by atoms with Gasteiger partial charge >= 0.3 is 0 Å². The number of halogens is 1. The largest absolute Gasteiger partial charge is 0.489 e. The Morgan fingerprint density at radius 1 is 1.10 bits per heavy atom. The van der Waals surface area contributed by atoms with Crippen molar-refractivity contribution >= 4 is 38.3 Å². The Morgan fingerprint density at radius 3 is 2.71 bits per heavy atom. The van der Waals surface area contributed by atoms with Gasteiger partial charge in [0.1, 0.15) is 18.2 Å². The summed E-state index contributed by atoms with van der Waals surface area (Å²) in [7, 11) is 0. The first kappa shape index (κ1) is 19.5. The lowest BCUT2D eigenvalue weighted by molar-refractivity contribution is -0.116. The highest BCUT2D eigenvalue weighted by molar-refractivity contribution is 7.22. The number of para-hydroxylation sites is 3. The molecule has 1 aliphatic rings. The number of fused-ring (bicyclic) bond motifs is 2. The van der Waals surface area contributed by atoms with Gasteiger partial charge in [-0.2, -0.15) is 0 Å². The molecule has 0 fully saturated rings. The number of aromatic nitrogens is 1. The zero-order chi connectivity index (χ0) is 21.2. The molecule has 1 atom stereocenters. The van der Waals surface area contributed by atoms with Crippen molar-refractivity contribution in [2.24, 2.45) is 0 Å². The van der Waals surface area contributed by atoms with Gasteiger partial charge < -0.3 is 15.0 Å². The zero-order valence-electron chi connectivity index (χ0n) is 16.6. The van der Waals surface area contributed by atoms with Gasteiger partial charge in [-0.25, -0.2) is 9.37 Å². The number of hydrogen-bond acceptors (Lipinski definition) is 5. The van der Waals surface area contributed by atoms with Crippen molar-refractivity contribution < 1.29 is 13.9 Å². The van der Waals surface area contributed by atoms with Crippen molar-refractivity contribution in [3.8, 4) is 5.75 Å². The molecule has 1 N–H and O–H groups in total. The third-order valence-electron chi connectivity index (χ3n) is 5.27. The van der Waals surface area contributed by atoms with Crippen LogP contribution in [0.5, 0.6) is 5.75 Å². The van der Waals surface area contributed by atoms with Crippen LogP contribution in [0.3, 0.4) is 0 Å². The van der Waals surface area contributed by atoms with Crippen LogP contribution < -0.4 is 15.0 Å². The van der Waals surface area contributed by atoms with Gasteiger partial charge in [0.25, 0.3) is 0 Å². The Kier molecular flexibility index (Phi) is 5.26. The van der Waals surface area contributed by atoms with Gasteiger partial charge in [-0.15, -0.1) is 0 Å². The SMILES string of the molecule is O=C(C[C@H]1COc2ccccc2N1Cc1ccc(F)cc1)Nc1nc2ccccc2s1. The Labute approximate surface area is 183 Å². The summed E-state index contributed by atoms with van der Waals surface area (Å²) in [4.78, 5) is 19.5. The number of anilines is 2. The molecule has 0 aliphatic carbocycles. The third kappa shape index (κ3) is 4.22. The first-order valence-corrected chi connectivity index (χ1v) is 10.9. The normalized spacial score (nSPS) is 15.4. The van der Waals surface area contributed by atoms with Crippen LogP contribution in [0.1, 0.15) is 12.0 Å². The summed E-state index contributed by atoms with van der Waals surface area (Å²) in [6.07, 6.45) is 0.255. The van der Waals surface area contributed by atoms with E-state index < -0.39 is 0 Å². The third-order valence-corrected chi connectivity index (χ3v) is 6.23. The van der Waals surface area contributed by atoms with E-state index in [1.165, 1.54) is 23.5 Å². The smallest absolute Gasteiger partial charge is 0.228 e. The van der Waals surface area contributed by atoms with Crippen LogP contribution in [-0.4, -0.2) is 23.5 Å². The van der Waals surface area contributed by atoms with Crippen LogP contribution in [0.15, 0.2) is 72.8 Å². The maximum atomic E-state index is 13.3. The van der Waals surface area contributed by atoms with Crippen LogP contribution in [0.4, 0.5) is 15.2 Å². The van der Waals surface area contributed by atoms with E-state index in [1.54, 1.807) is 12.1 Å². The second-order valence-corrected chi connectivity index (χ2v) is 8.46. The number of carbonyl (C=O) groups is 1. The van der Waals surface area contributed by atoms with Crippen LogP contribution in [0, 0.1) is 5.82 Å². The summed E-state index contributed by atoms with van der Waals surface area (Å²) in [5, 5.41) is 3.52. The molecule has 1 aliphatic heterocycles. The highest BCUT2D eigenvalue weighted by Gasteiger charge is 2.29. The molecular weight excluding hydrogens is 413 g/mol. The van der Waals surface area contributed by atoms with Gasteiger partial charge in [0.2, 0.25) is 5.91 Å². The molecule has 31 heavy (non-hydrogen) atoms. The minimum Gasteiger partial charge on any atom is -0.489 e. The van der Waals surface area contributed by atoms with Crippen LogP contribution in [0.2, 0.25) is 0 Å². The molecule has 0 radical (unpaired) electrons. The fourth-order valence-electron chi connectivity index (χ4n) is 3.77. The molecule has 0 unspecified atom stereocenters. The van der Waals surface area contributed by atoms with E-state index in [2.05, 4.69) is 15.2 Å². The van der Waals surface area contributed by atoms with E-state index in [9.17, 15) is 9.18 Å². The molecule has 4 aromatic rings. The van der Waals surface area contributed by atoms with Crippen molar-refractivity contribution in [3.05, 3.63) is 84.2 Å². The summed E-state index contributed by atoms with van der Waals surface area (Å²) >= 11 is 1.46. The Bertz CT molecular complexity index is 1190. The first-order valence-electron chi connectivity index (χ1n) is 10.0. The molecule has 5 rings (SSSR count). The minimum atomic E-state index is -0.266. The summed E-state index contributed by atoms with van der Waals surface area (Å²) in [6, 6.07) is 21.9. The zero-order valence-corrected chi connectivity index (χ0v) is 17.4. The molecule has 156 valence electrons. The van der Waals surface area contributed by atoms with Gasteiger partial charge in [0, 0.05) is 6.54 Å². The lowest BCUT2D eigenvalue weighted by Gasteiger charge is -2.38. The monoisotopic (exact) mass is 433 g/mol. The lowest BCUT2D eigenvalue weighted by atomic mass is 10.1. The molecular formula is C24H20FN3O2S. The first-order chi connectivity index (χ1) is 15.2. The maximum Gasteiger partial charge on any atom is 0.228 e. The van der Waals surface area contributed by atoms with Gasteiger partial charge in [0.05, 0.1) is 28.4 Å². The molecule has 0 saturated heterocycles. The number of thiazole rings is 1. The molecule has 0 saturated carbocycles. The van der Waals surface area contributed by atoms with E-state index in [0.717, 1.165) is 27.2 Å². The van der Waals surface area contributed by atoms with Crippen molar-refractivity contribution in [2.75, 3.05) is 16.8 Å². The average Bonchev–Trinajstić information content (AvgIpc) is 3.19. The number of amides is 1. The highest BCUT2D eigenvalue weighted by Crippen LogP contribution is 2.36. The summed E-state index contributed by atoms with van der Waals surface area (Å²) in [6.45, 7) is 0.950. The molecule has 3 aromatic carbocycles. The van der Waals surface area contributed by atoms with Crippen molar-refractivity contribution in [1.29, 1.82) is 0 Å². The van der Waals surface area contributed by atoms with E-state index in [4.69, 9.17) is 4.74 Å². The van der Waals surface area contributed by atoms with E-state index >= 15 is 0 Å². The standard InChI is InChI=1S/C24H20FN3O2S/c25-17-11-9-16(10-12-17)14-28-18(15-30-21-7-3-2-6-20(21)28)13-23(29)27-24-26-19-5-1-4-8-22(19)31-24/h1-12,18H,13-15H2,(H,26,27,29)/t18-/m0/s1. The lowest BCUT2D eigenvalue weighted by Crippen LogP contribution is -2.44. The quantitative estimate of drug-likeness (QED) is 0.468. The Hall–Kier alpha value is -3.45. The van der Waals surface area contributed by atoms with Gasteiger partial charge in [-0.1, -0.05) is 47.7 Å². The molecule has 1 amide bonds. The summed E-state index contributed by atoms with van der Waals surface area (Å²) in [5.74, 6) is 0.404. The summed E-state index contributed by atoms with van der Waals surface area (Å²) < 4.78 is 20.3. The van der Waals surface area contributed by atoms with Crippen molar-refractivity contribution in [2.45, 2.75) is 19.0 Å². The predicted octanol–water partition coefficient (Wildman–Crippen LogP) is 5.23. The number of rotatable bonds is 5. The maximum absolute atomic E-state index is 13.3. The molecule has 5 nitrogen and oxygen atoms in total. The number of benzene rings is 3. The number of carbonyl (C=O) groups excluding carboxylic acids is 1. The molecule has 0 spiro atoms. The number of ether oxygens (including phenoxy) is 1. The van der Waals surface area contributed by atoms with Gasteiger partial charge in [-0.3, -0.25) is 4.79 Å². The fraction of sp³-hybridized carbons (Fsp3) is 0.167. The number of hydrogen-bond donors (Lipinski definition) is 1. The van der Waals surface area contributed by atoms with Crippen molar-refractivity contribution in [3.63, 3.8) is 0 Å². The molecule has 2 heterocycles. The molecule has 0 bridgehead atoms. The van der Waals surface area contributed by atoms with E-state index in [-0.39, 0.29) is 24.2 Å². The predicted molar refractivity (Wildman–Crippen MR) is 121 cm³/mol.